The maximum absolute atomic E-state index is 5.43. The van der Waals surface area contributed by atoms with E-state index in [4.69, 9.17) is 9.47 Å². The van der Waals surface area contributed by atoms with E-state index >= 15 is 0 Å². The molecule has 2 aromatic rings. The molecule has 0 fully saturated rings. The van der Waals surface area contributed by atoms with E-state index in [9.17, 15) is 0 Å². The van der Waals surface area contributed by atoms with E-state index in [0.29, 0.717) is 0 Å². The van der Waals surface area contributed by atoms with Gasteiger partial charge in [0.05, 0.1) is 19.0 Å². The summed E-state index contributed by atoms with van der Waals surface area (Å²) in [5, 5.41) is 0. The number of rotatable bonds is 4. The third-order valence-electron chi connectivity index (χ3n) is 3.07. The van der Waals surface area contributed by atoms with Gasteiger partial charge in [-0.1, -0.05) is 45.8 Å². The highest BCUT2D eigenvalue weighted by molar-refractivity contribution is 9.09. The Bertz CT molecular complexity index is 549. The summed E-state index contributed by atoms with van der Waals surface area (Å²) in [6.07, 6.45) is 0. The SMILES string of the molecule is COc1ccc(C(Br)c2cc(C)ccc2OC)cc1. The van der Waals surface area contributed by atoms with Crippen molar-refractivity contribution >= 4 is 15.9 Å². The Hall–Kier alpha value is -1.48. The van der Waals surface area contributed by atoms with Crippen molar-refractivity contribution < 1.29 is 9.47 Å². The second-order valence-corrected chi connectivity index (χ2v) is 5.30. The summed E-state index contributed by atoms with van der Waals surface area (Å²) < 4.78 is 10.6. The molecule has 0 heterocycles. The summed E-state index contributed by atoms with van der Waals surface area (Å²) in [5.74, 6) is 1.75. The first-order chi connectivity index (χ1) is 9.15. The molecule has 2 aromatic carbocycles. The zero-order valence-electron chi connectivity index (χ0n) is 11.3. The van der Waals surface area contributed by atoms with E-state index in [1.165, 1.54) is 11.1 Å². The molecule has 0 saturated heterocycles. The topological polar surface area (TPSA) is 18.5 Å². The van der Waals surface area contributed by atoms with Gasteiger partial charge < -0.3 is 9.47 Å². The minimum atomic E-state index is 0.105. The molecule has 0 saturated carbocycles. The van der Waals surface area contributed by atoms with E-state index in [-0.39, 0.29) is 4.83 Å². The van der Waals surface area contributed by atoms with E-state index in [0.717, 1.165) is 17.1 Å². The van der Waals surface area contributed by atoms with Crippen molar-refractivity contribution in [3.05, 3.63) is 59.2 Å². The highest BCUT2D eigenvalue weighted by atomic mass is 79.9. The van der Waals surface area contributed by atoms with Gasteiger partial charge in [-0.15, -0.1) is 0 Å². The third-order valence-corrected chi connectivity index (χ3v) is 4.09. The monoisotopic (exact) mass is 320 g/mol. The standard InChI is InChI=1S/C16H17BrO2/c1-11-4-9-15(19-3)14(10-11)16(17)12-5-7-13(18-2)8-6-12/h4-10,16H,1-3H3. The number of hydrogen-bond donors (Lipinski definition) is 0. The Morgan fingerprint density at radius 1 is 0.947 bits per heavy atom. The van der Waals surface area contributed by atoms with Crippen molar-refractivity contribution in [3.63, 3.8) is 0 Å². The van der Waals surface area contributed by atoms with Crippen LogP contribution < -0.4 is 9.47 Å². The van der Waals surface area contributed by atoms with Gasteiger partial charge in [-0.2, -0.15) is 0 Å². The zero-order valence-corrected chi connectivity index (χ0v) is 12.9. The molecule has 2 rings (SSSR count). The Labute approximate surface area is 122 Å². The number of halogens is 1. The van der Waals surface area contributed by atoms with Crippen molar-refractivity contribution in [1.82, 2.24) is 0 Å². The number of ether oxygens (including phenoxy) is 2. The minimum Gasteiger partial charge on any atom is -0.497 e. The van der Waals surface area contributed by atoms with Gasteiger partial charge >= 0.3 is 0 Å². The smallest absolute Gasteiger partial charge is 0.123 e. The van der Waals surface area contributed by atoms with E-state index in [1.807, 2.05) is 18.2 Å². The van der Waals surface area contributed by atoms with Crippen LogP contribution in [0.5, 0.6) is 11.5 Å². The fraction of sp³-hybridized carbons (Fsp3) is 0.250. The van der Waals surface area contributed by atoms with E-state index in [1.54, 1.807) is 14.2 Å². The van der Waals surface area contributed by atoms with Gasteiger partial charge in [0.1, 0.15) is 11.5 Å². The van der Waals surface area contributed by atoms with Gasteiger partial charge in [-0.25, -0.2) is 0 Å². The first kappa shape index (κ1) is 13.9. The Morgan fingerprint density at radius 2 is 1.63 bits per heavy atom. The lowest BCUT2D eigenvalue weighted by Crippen LogP contribution is -1.98. The first-order valence-corrected chi connectivity index (χ1v) is 7.00. The molecule has 0 radical (unpaired) electrons. The number of benzene rings is 2. The molecule has 0 aromatic heterocycles. The predicted octanol–water partition coefficient (Wildman–Crippen LogP) is 4.50. The van der Waals surface area contributed by atoms with Crippen molar-refractivity contribution in [3.8, 4) is 11.5 Å². The van der Waals surface area contributed by atoms with Crippen LogP contribution >= 0.6 is 15.9 Å². The van der Waals surface area contributed by atoms with Crippen molar-refractivity contribution in [1.29, 1.82) is 0 Å². The summed E-state index contributed by atoms with van der Waals surface area (Å²) in [6.45, 7) is 2.08. The molecular weight excluding hydrogens is 304 g/mol. The summed E-state index contributed by atoms with van der Waals surface area (Å²) in [4.78, 5) is 0.105. The molecule has 0 N–H and O–H groups in total. The third kappa shape index (κ3) is 3.10. The molecule has 0 bridgehead atoms. The highest BCUT2D eigenvalue weighted by Gasteiger charge is 2.15. The van der Waals surface area contributed by atoms with Crippen LogP contribution in [0.2, 0.25) is 0 Å². The van der Waals surface area contributed by atoms with Gasteiger partial charge in [0.15, 0.2) is 0 Å². The lowest BCUT2D eigenvalue weighted by atomic mass is 10.0. The average Bonchev–Trinajstić information content (AvgIpc) is 2.46. The Kier molecular flexibility index (Phi) is 4.48. The summed E-state index contributed by atoms with van der Waals surface area (Å²) in [7, 11) is 3.37. The largest absolute Gasteiger partial charge is 0.497 e. The van der Waals surface area contributed by atoms with E-state index in [2.05, 4.69) is 47.1 Å². The molecular formula is C16H17BrO2. The van der Waals surface area contributed by atoms with Gasteiger partial charge in [0, 0.05) is 5.56 Å². The van der Waals surface area contributed by atoms with Crippen LogP contribution in [0.25, 0.3) is 0 Å². The molecule has 0 spiro atoms. The minimum absolute atomic E-state index is 0.105. The molecule has 0 aliphatic rings. The molecule has 3 heteroatoms. The fourth-order valence-corrected chi connectivity index (χ4v) is 2.67. The van der Waals surface area contributed by atoms with Crippen molar-refractivity contribution in [2.24, 2.45) is 0 Å². The van der Waals surface area contributed by atoms with Gasteiger partial charge in [-0.05, 0) is 30.7 Å². The van der Waals surface area contributed by atoms with E-state index < -0.39 is 0 Å². The lowest BCUT2D eigenvalue weighted by molar-refractivity contribution is 0.410. The molecule has 100 valence electrons. The fourth-order valence-electron chi connectivity index (χ4n) is 2.00. The van der Waals surface area contributed by atoms with Crippen LogP contribution in [0.15, 0.2) is 42.5 Å². The maximum Gasteiger partial charge on any atom is 0.123 e. The molecule has 0 aliphatic heterocycles. The zero-order chi connectivity index (χ0) is 13.8. The number of aryl methyl sites for hydroxylation is 1. The van der Waals surface area contributed by atoms with Gasteiger partial charge in [-0.3, -0.25) is 0 Å². The maximum atomic E-state index is 5.43. The Morgan fingerprint density at radius 3 is 2.21 bits per heavy atom. The first-order valence-electron chi connectivity index (χ1n) is 6.08. The van der Waals surface area contributed by atoms with Crippen molar-refractivity contribution in [2.75, 3.05) is 14.2 Å². The van der Waals surface area contributed by atoms with Crippen molar-refractivity contribution in [2.45, 2.75) is 11.8 Å². The lowest BCUT2D eigenvalue weighted by Gasteiger charge is -2.16. The van der Waals surface area contributed by atoms with Crippen LogP contribution in [0.3, 0.4) is 0 Å². The highest BCUT2D eigenvalue weighted by Crippen LogP contribution is 2.37. The normalized spacial score (nSPS) is 12.0. The van der Waals surface area contributed by atoms with Crippen LogP contribution in [-0.4, -0.2) is 14.2 Å². The van der Waals surface area contributed by atoms with Crippen LogP contribution in [0, 0.1) is 6.92 Å². The van der Waals surface area contributed by atoms with Crippen LogP contribution in [0.1, 0.15) is 21.5 Å². The molecule has 19 heavy (non-hydrogen) atoms. The average molecular weight is 321 g/mol. The molecule has 1 atom stereocenters. The molecule has 2 nitrogen and oxygen atoms in total. The van der Waals surface area contributed by atoms with Crippen LogP contribution in [-0.2, 0) is 0 Å². The van der Waals surface area contributed by atoms with Gasteiger partial charge in [0.2, 0.25) is 0 Å². The quantitative estimate of drug-likeness (QED) is 0.772. The van der Waals surface area contributed by atoms with Gasteiger partial charge in [0.25, 0.3) is 0 Å². The number of methoxy groups -OCH3 is 2. The Balaban J connectivity index is 2.36. The molecule has 0 amide bonds. The summed E-state index contributed by atoms with van der Waals surface area (Å²) in [6, 6.07) is 14.2. The second-order valence-electron chi connectivity index (χ2n) is 4.38. The number of hydrogen-bond acceptors (Lipinski definition) is 2. The number of alkyl halides is 1. The molecule has 1 unspecified atom stereocenters. The summed E-state index contributed by atoms with van der Waals surface area (Å²) >= 11 is 3.75. The van der Waals surface area contributed by atoms with Crippen LogP contribution in [0.4, 0.5) is 0 Å². The predicted molar refractivity (Wildman–Crippen MR) is 81.5 cm³/mol. The summed E-state index contributed by atoms with van der Waals surface area (Å²) in [5.41, 5.74) is 3.52. The second kappa shape index (κ2) is 6.11. The molecule has 0 aliphatic carbocycles.